The summed E-state index contributed by atoms with van der Waals surface area (Å²) in [5.74, 6) is 1.54. The Morgan fingerprint density at radius 1 is 1.35 bits per heavy atom. The molecule has 0 radical (unpaired) electrons. The summed E-state index contributed by atoms with van der Waals surface area (Å²) in [4.78, 5) is 8.63. The fourth-order valence-electron chi connectivity index (χ4n) is 2.22. The minimum absolute atomic E-state index is 0. The number of halogens is 1. The second kappa shape index (κ2) is 10.3. The number of nitrogens with one attached hydrogen (secondary N) is 1. The van der Waals surface area contributed by atoms with E-state index in [9.17, 15) is 0 Å². The van der Waals surface area contributed by atoms with Gasteiger partial charge in [0.1, 0.15) is 5.82 Å². The number of hydrogen-bond acceptors (Lipinski definition) is 2. The predicted octanol–water partition coefficient (Wildman–Crippen LogP) is 3.06. The van der Waals surface area contributed by atoms with Gasteiger partial charge in [-0.15, -0.1) is 24.0 Å². The highest BCUT2D eigenvalue weighted by Crippen LogP contribution is 2.09. The fourth-order valence-corrected chi connectivity index (χ4v) is 2.22. The van der Waals surface area contributed by atoms with Gasteiger partial charge in [0.05, 0.1) is 6.54 Å². The number of aryl methyl sites for hydroxylation is 1. The molecule has 0 fully saturated rings. The van der Waals surface area contributed by atoms with Gasteiger partial charge in [-0.2, -0.15) is 0 Å². The molecule has 2 rings (SSSR count). The number of rotatable bonds is 7. The maximum Gasteiger partial charge on any atom is 0.188 e. The molecule has 0 bridgehead atoms. The maximum absolute atomic E-state index is 5.86. The van der Waals surface area contributed by atoms with Gasteiger partial charge in [0.15, 0.2) is 5.96 Å². The number of imidazole rings is 1. The van der Waals surface area contributed by atoms with Crippen molar-refractivity contribution in [2.75, 3.05) is 6.54 Å². The molecular weight excluding hydrogens is 401 g/mol. The van der Waals surface area contributed by atoms with E-state index in [2.05, 4.69) is 51.0 Å². The van der Waals surface area contributed by atoms with Crippen LogP contribution < -0.4 is 11.1 Å². The van der Waals surface area contributed by atoms with E-state index in [1.165, 1.54) is 5.56 Å². The Kier molecular flexibility index (Phi) is 8.68. The van der Waals surface area contributed by atoms with Crippen LogP contribution in [0.2, 0.25) is 0 Å². The lowest BCUT2D eigenvalue weighted by Gasteiger charge is -2.07. The summed E-state index contributed by atoms with van der Waals surface area (Å²) in [7, 11) is 0. The third kappa shape index (κ3) is 6.60. The standard InChI is InChI=1S/C17H25N5.HI/c1-3-4-8-20-17(18)21-12-15-6-5-7-16(11-15)13-22-10-9-19-14(22)2;/h5-7,9-11H,3-4,8,12-13H2,1-2H3,(H3,18,20,21);1H. The summed E-state index contributed by atoms with van der Waals surface area (Å²) in [5.41, 5.74) is 8.26. The van der Waals surface area contributed by atoms with Crippen molar-refractivity contribution in [3.63, 3.8) is 0 Å². The number of hydrogen-bond donors (Lipinski definition) is 2. The van der Waals surface area contributed by atoms with Crippen molar-refractivity contribution >= 4 is 29.9 Å². The molecule has 1 heterocycles. The van der Waals surface area contributed by atoms with E-state index in [0.717, 1.165) is 37.3 Å². The van der Waals surface area contributed by atoms with Crippen molar-refractivity contribution in [1.29, 1.82) is 0 Å². The lowest BCUT2D eigenvalue weighted by molar-refractivity contribution is 0.747. The van der Waals surface area contributed by atoms with Gasteiger partial charge in [-0.3, -0.25) is 0 Å². The van der Waals surface area contributed by atoms with Crippen molar-refractivity contribution in [2.24, 2.45) is 10.7 Å². The van der Waals surface area contributed by atoms with Crippen molar-refractivity contribution in [2.45, 2.75) is 39.8 Å². The summed E-state index contributed by atoms with van der Waals surface area (Å²) in [5, 5.41) is 3.13. The van der Waals surface area contributed by atoms with E-state index < -0.39 is 0 Å². The Morgan fingerprint density at radius 3 is 2.83 bits per heavy atom. The third-order valence-corrected chi connectivity index (χ3v) is 3.54. The van der Waals surface area contributed by atoms with Crippen molar-refractivity contribution in [3.05, 3.63) is 53.6 Å². The van der Waals surface area contributed by atoms with Crippen LogP contribution in [0.15, 0.2) is 41.7 Å². The molecule has 23 heavy (non-hydrogen) atoms. The average molecular weight is 427 g/mol. The number of nitrogens with zero attached hydrogens (tertiary/aromatic N) is 3. The molecule has 6 heteroatoms. The van der Waals surface area contributed by atoms with Crippen LogP contribution in [0.25, 0.3) is 0 Å². The molecular formula is C17H26IN5. The Balaban J connectivity index is 0.00000264. The van der Waals surface area contributed by atoms with E-state index in [1.54, 1.807) is 0 Å². The Labute approximate surface area is 155 Å². The van der Waals surface area contributed by atoms with Crippen molar-refractivity contribution < 1.29 is 0 Å². The summed E-state index contributed by atoms with van der Waals surface area (Å²) in [6.45, 7) is 6.47. The monoisotopic (exact) mass is 427 g/mol. The van der Waals surface area contributed by atoms with Gasteiger partial charge in [0.25, 0.3) is 0 Å². The van der Waals surface area contributed by atoms with E-state index >= 15 is 0 Å². The molecule has 3 N–H and O–H groups in total. The van der Waals surface area contributed by atoms with Gasteiger partial charge in [-0.1, -0.05) is 37.6 Å². The zero-order valence-corrected chi connectivity index (χ0v) is 16.2. The largest absolute Gasteiger partial charge is 0.370 e. The molecule has 0 aliphatic carbocycles. The van der Waals surface area contributed by atoms with Crippen molar-refractivity contribution in [1.82, 2.24) is 14.9 Å². The summed E-state index contributed by atoms with van der Waals surface area (Å²) in [6.07, 6.45) is 6.08. The zero-order valence-electron chi connectivity index (χ0n) is 13.8. The molecule has 0 atom stereocenters. The first-order chi connectivity index (χ1) is 10.7. The molecule has 0 amide bonds. The average Bonchev–Trinajstić information content (AvgIpc) is 2.91. The maximum atomic E-state index is 5.86. The van der Waals surface area contributed by atoms with Crippen LogP contribution in [0.1, 0.15) is 36.7 Å². The van der Waals surface area contributed by atoms with Gasteiger partial charge in [0.2, 0.25) is 0 Å². The smallest absolute Gasteiger partial charge is 0.188 e. The summed E-state index contributed by atoms with van der Waals surface area (Å²) >= 11 is 0. The quantitative estimate of drug-likeness (QED) is 0.309. The number of aromatic nitrogens is 2. The van der Waals surface area contributed by atoms with Gasteiger partial charge >= 0.3 is 0 Å². The van der Waals surface area contributed by atoms with Gasteiger partial charge in [-0.05, 0) is 24.5 Å². The Hall–Kier alpha value is -1.57. The molecule has 1 aromatic carbocycles. The molecule has 0 spiro atoms. The molecule has 0 saturated heterocycles. The normalized spacial score (nSPS) is 11.1. The van der Waals surface area contributed by atoms with Crippen LogP contribution in [0.3, 0.4) is 0 Å². The first kappa shape index (κ1) is 19.5. The second-order valence-corrected chi connectivity index (χ2v) is 5.40. The van der Waals surface area contributed by atoms with Gasteiger partial charge < -0.3 is 15.6 Å². The number of unbranched alkanes of at least 4 members (excludes halogenated alkanes) is 1. The van der Waals surface area contributed by atoms with Crippen molar-refractivity contribution in [3.8, 4) is 0 Å². The van der Waals surface area contributed by atoms with Crippen LogP contribution in [-0.2, 0) is 13.1 Å². The Morgan fingerprint density at radius 2 is 2.13 bits per heavy atom. The fraction of sp³-hybridized carbons (Fsp3) is 0.412. The lowest BCUT2D eigenvalue weighted by Crippen LogP contribution is -2.32. The second-order valence-electron chi connectivity index (χ2n) is 5.40. The van der Waals surface area contributed by atoms with Gasteiger partial charge in [-0.25, -0.2) is 9.98 Å². The van der Waals surface area contributed by atoms with Crippen LogP contribution in [0.4, 0.5) is 0 Å². The number of guanidine groups is 1. The number of aliphatic imine (C=N–C) groups is 1. The molecule has 0 saturated carbocycles. The lowest BCUT2D eigenvalue weighted by atomic mass is 10.1. The third-order valence-electron chi connectivity index (χ3n) is 3.54. The first-order valence-corrected chi connectivity index (χ1v) is 7.78. The minimum atomic E-state index is 0. The predicted molar refractivity (Wildman–Crippen MR) is 106 cm³/mol. The highest BCUT2D eigenvalue weighted by atomic mass is 127. The molecule has 2 aromatic rings. The van der Waals surface area contributed by atoms with E-state index in [-0.39, 0.29) is 24.0 Å². The van der Waals surface area contributed by atoms with Crippen LogP contribution >= 0.6 is 24.0 Å². The minimum Gasteiger partial charge on any atom is -0.370 e. The zero-order chi connectivity index (χ0) is 15.8. The molecule has 0 aliphatic heterocycles. The molecule has 126 valence electrons. The van der Waals surface area contributed by atoms with Crippen LogP contribution in [0.5, 0.6) is 0 Å². The highest BCUT2D eigenvalue weighted by Gasteiger charge is 2.00. The molecule has 0 aliphatic rings. The molecule has 0 unspecified atom stereocenters. The summed E-state index contributed by atoms with van der Waals surface area (Å²) in [6, 6.07) is 8.43. The summed E-state index contributed by atoms with van der Waals surface area (Å²) < 4.78 is 2.13. The van der Waals surface area contributed by atoms with Gasteiger partial charge in [0, 0.05) is 25.5 Å². The SMILES string of the molecule is CCCCNC(N)=NCc1cccc(Cn2ccnc2C)c1.I. The topological polar surface area (TPSA) is 68.2 Å². The highest BCUT2D eigenvalue weighted by molar-refractivity contribution is 14.0. The van der Waals surface area contributed by atoms with Crippen LogP contribution in [-0.4, -0.2) is 22.1 Å². The number of nitrogens with two attached hydrogens (primary N) is 1. The van der Waals surface area contributed by atoms with E-state index in [1.807, 2.05) is 19.3 Å². The number of benzene rings is 1. The van der Waals surface area contributed by atoms with E-state index in [4.69, 9.17) is 5.73 Å². The van der Waals surface area contributed by atoms with E-state index in [0.29, 0.717) is 12.5 Å². The Bertz CT molecular complexity index is 621. The molecule has 5 nitrogen and oxygen atoms in total. The van der Waals surface area contributed by atoms with Crippen LogP contribution in [0, 0.1) is 6.92 Å². The molecule has 1 aromatic heterocycles. The first-order valence-electron chi connectivity index (χ1n) is 7.78.